The molecule has 0 atom stereocenters. The fourth-order valence-corrected chi connectivity index (χ4v) is 3.35. The number of carboxylic acids is 1. The highest BCUT2D eigenvalue weighted by Gasteiger charge is 2.09. The Morgan fingerprint density at radius 3 is 2.68 bits per heavy atom. The van der Waals surface area contributed by atoms with Gasteiger partial charge in [-0.2, -0.15) is 0 Å². The monoisotopic (exact) mass is 337 g/mol. The van der Waals surface area contributed by atoms with E-state index >= 15 is 0 Å². The van der Waals surface area contributed by atoms with Crippen LogP contribution in [0.4, 0.5) is 5.13 Å². The second-order valence-corrected chi connectivity index (χ2v) is 6.58. The van der Waals surface area contributed by atoms with E-state index in [-0.39, 0.29) is 18.7 Å². The molecule has 2 aromatic rings. The van der Waals surface area contributed by atoms with Crippen molar-refractivity contribution in [3.63, 3.8) is 0 Å². The average molecular weight is 337 g/mol. The number of benzene rings is 1. The minimum absolute atomic E-state index is 0.0614. The molecular formula is C14H15N3O3S2. The van der Waals surface area contributed by atoms with Crippen LogP contribution >= 0.6 is 23.1 Å². The summed E-state index contributed by atoms with van der Waals surface area (Å²) < 4.78 is 0. The predicted octanol–water partition coefficient (Wildman–Crippen LogP) is 2.68. The summed E-state index contributed by atoms with van der Waals surface area (Å²) >= 11 is 3.05. The van der Waals surface area contributed by atoms with Gasteiger partial charge in [0.15, 0.2) is 0 Å². The molecule has 0 aliphatic heterocycles. The molecule has 1 aromatic heterocycles. The number of nitrogens with one attached hydrogen (secondary N) is 1. The molecule has 6 nitrogen and oxygen atoms in total. The number of anilines is 1. The van der Waals surface area contributed by atoms with Gasteiger partial charge in [0, 0.05) is 23.5 Å². The lowest BCUT2D eigenvalue weighted by Crippen LogP contribution is -2.12. The first kappa shape index (κ1) is 16.4. The van der Waals surface area contributed by atoms with Crippen molar-refractivity contribution in [1.29, 1.82) is 0 Å². The van der Waals surface area contributed by atoms with Crippen LogP contribution in [0.1, 0.15) is 17.8 Å². The zero-order valence-electron chi connectivity index (χ0n) is 11.7. The molecule has 2 rings (SSSR count). The van der Waals surface area contributed by atoms with Crippen LogP contribution in [0.5, 0.6) is 0 Å². The average Bonchev–Trinajstić information content (AvgIpc) is 2.94. The van der Waals surface area contributed by atoms with Crippen LogP contribution in [0.3, 0.4) is 0 Å². The molecule has 1 aromatic carbocycles. The van der Waals surface area contributed by atoms with Gasteiger partial charge < -0.3 is 10.4 Å². The van der Waals surface area contributed by atoms with E-state index in [0.717, 1.165) is 17.2 Å². The highest BCUT2D eigenvalue weighted by atomic mass is 32.2. The van der Waals surface area contributed by atoms with Gasteiger partial charge >= 0.3 is 5.97 Å². The van der Waals surface area contributed by atoms with Crippen LogP contribution in [0.25, 0.3) is 0 Å². The van der Waals surface area contributed by atoms with Gasteiger partial charge in [0.05, 0.1) is 6.42 Å². The maximum Gasteiger partial charge on any atom is 0.303 e. The van der Waals surface area contributed by atoms with E-state index in [2.05, 4.69) is 27.6 Å². The minimum Gasteiger partial charge on any atom is -0.481 e. The van der Waals surface area contributed by atoms with Gasteiger partial charge in [-0.05, 0) is 12.1 Å². The van der Waals surface area contributed by atoms with Gasteiger partial charge in [-0.25, -0.2) is 0 Å². The van der Waals surface area contributed by atoms with Crippen molar-refractivity contribution in [3.05, 3.63) is 35.3 Å². The number of aromatic nitrogens is 2. The number of rotatable bonds is 8. The first-order chi connectivity index (χ1) is 10.6. The standard InChI is InChI=1S/C14H15N3O3S2/c18-11(6-7-13(19)20)15-14-17-16-12(22-14)8-9-21-10-4-2-1-3-5-10/h1-5H,6-9H2,(H,19,20)(H,15,17,18). The lowest BCUT2D eigenvalue weighted by atomic mass is 10.3. The molecule has 0 aliphatic carbocycles. The third-order valence-electron chi connectivity index (χ3n) is 2.61. The molecule has 2 N–H and O–H groups in total. The lowest BCUT2D eigenvalue weighted by molar-refractivity contribution is -0.138. The molecular weight excluding hydrogens is 322 g/mol. The number of carboxylic acid groups (broad SMARTS) is 1. The summed E-state index contributed by atoms with van der Waals surface area (Å²) in [6, 6.07) is 10.1. The molecule has 0 saturated heterocycles. The summed E-state index contributed by atoms with van der Waals surface area (Å²) in [5, 5.41) is 20.2. The lowest BCUT2D eigenvalue weighted by Gasteiger charge is -1.99. The zero-order chi connectivity index (χ0) is 15.8. The highest BCUT2D eigenvalue weighted by molar-refractivity contribution is 7.99. The second kappa shape index (κ2) is 8.50. The van der Waals surface area contributed by atoms with Crippen molar-refractivity contribution >= 4 is 40.1 Å². The summed E-state index contributed by atoms with van der Waals surface area (Å²) in [5.74, 6) is -0.471. The Hall–Kier alpha value is -1.93. The second-order valence-electron chi connectivity index (χ2n) is 4.35. The Morgan fingerprint density at radius 2 is 1.95 bits per heavy atom. The quantitative estimate of drug-likeness (QED) is 0.720. The number of hydrogen-bond donors (Lipinski definition) is 2. The van der Waals surface area contributed by atoms with Crippen LogP contribution in [0.2, 0.25) is 0 Å². The summed E-state index contributed by atoms with van der Waals surface area (Å²) in [6.07, 6.45) is 0.515. The first-order valence-electron chi connectivity index (χ1n) is 6.65. The molecule has 0 unspecified atom stereocenters. The molecule has 0 radical (unpaired) electrons. The molecule has 0 saturated carbocycles. The van der Waals surface area contributed by atoms with Crippen molar-refractivity contribution in [1.82, 2.24) is 10.2 Å². The zero-order valence-corrected chi connectivity index (χ0v) is 13.3. The van der Waals surface area contributed by atoms with Gasteiger partial charge in [0.2, 0.25) is 11.0 Å². The fraction of sp³-hybridized carbons (Fsp3) is 0.286. The molecule has 1 amide bonds. The number of thioether (sulfide) groups is 1. The van der Waals surface area contributed by atoms with Crippen molar-refractivity contribution in [2.45, 2.75) is 24.2 Å². The number of hydrogen-bond acceptors (Lipinski definition) is 6. The van der Waals surface area contributed by atoms with E-state index in [1.807, 2.05) is 18.2 Å². The van der Waals surface area contributed by atoms with E-state index in [1.165, 1.54) is 16.2 Å². The van der Waals surface area contributed by atoms with Crippen molar-refractivity contribution in [2.24, 2.45) is 0 Å². The number of aryl methyl sites for hydroxylation is 1. The van der Waals surface area contributed by atoms with Crippen molar-refractivity contribution in [3.8, 4) is 0 Å². The molecule has 22 heavy (non-hydrogen) atoms. The number of carbonyl (C=O) groups is 2. The Bertz CT molecular complexity index is 631. The number of carbonyl (C=O) groups excluding carboxylic acids is 1. The van der Waals surface area contributed by atoms with Gasteiger partial charge in [0.25, 0.3) is 0 Å². The predicted molar refractivity (Wildman–Crippen MR) is 86.3 cm³/mol. The number of aliphatic carboxylic acids is 1. The summed E-state index contributed by atoms with van der Waals surface area (Å²) in [4.78, 5) is 23.1. The molecule has 116 valence electrons. The Balaban J connectivity index is 1.74. The summed E-state index contributed by atoms with van der Waals surface area (Å²) in [6.45, 7) is 0. The van der Waals surface area contributed by atoms with E-state index < -0.39 is 5.97 Å². The first-order valence-corrected chi connectivity index (χ1v) is 8.45. The summed E-state index contributed by atoms with van der Waals surface area (Å²) in [7, 11) is 0. The van der Waals surface area contributed by atoms with Crippen molar-refractivity contribution < 1.29 is 14.7 Å². The third-order valence-corrected chi connectivity index (χ3v) is 4.52. The minimum atomic E-state index is -0.994. The summed E-state index contributed by atoms with van der Waals surface area (Å²) in [5.41, 5.74) is 0. The molecule has 8 heteroatoms. The Kier molecular flexibility index (Phi) is 6.35. The fourth-order valence-electron chi connectivity index (χ4n) is 1.58. The van der Waals surface area contributed by atoms with Crippen LogP contribution < -0.4 is 5.32 Å². The Labute approximate surface area is 136 Å². The molecule has 0 spiro atoms. The van der Waals surface area contributed by atoms with Crippen LogP contribution in [0.15, 0.2) is 35.2 Å². The maximum absolute atomic E-state index is 11.5. The van der Waals surface area contributed by atoms with Gasteiger partial charge in [0.1, 0.15) is 5.01 Å². The van der Waals surface area contributed by atoms with E-state index in [0.29, 0.717) is 5.13 Å². The van der Waals surface area contributed by atoms with E-state index in [9.17, 15) is 9.59 Å². The van der Waals surface area contributed by atoms with Crippen molar-refractivity contribution in [2.75, 3.05) is 11.1 Å². The van der Waals surface area contributed by atoms with E-state index in [4.69, 9.17) is 5.11 Å². The van der Waals surface area contributed by atoms with E-state index in [1.54, 1.807) is 11.8 Å². The molecule has 1 heterocycles. The molecule has 0 fully saturated rings. The largest absolute Gasteiger partial charge is 0.481 e. The van der Waals surface area contributed by atoms with Gasteiger partial charge in [-0.1, -0.05) is 29.5 Å². The number of amides is 1. The Morgan fingerprint density at radius 1 is 1.18 bits per heavy atom. The van der Waals surface area contributed by atoms with Gasteiger partial charge in [-0.15, -0.1) is 22.0 Å². The third kappa shape index (κ3) is 5.82. The topological polar surface area (TPSA) is 92.2 Å². The normalized spacial score (nSPS) is 10.4. The SMILES string of the molecule is O=C(O)CCC(=O)Nc1nnc(CCSc2ccccc2)s1. The molecule has 0 bridgehead atoms. The van der Waals surface area contributed by atoms with Crippen LogP contribution in [-0.4, -0.2) is 32.9 Å². The smallest absolute Gasteiger partial charge is 0.303 e. The highest BCUT2D eigenvalue weighted by Crippen LogP contribution is 2.21. The maximum atomic E-state index is 11.5. The van der Waals surface area contributed by atoms with Gasteiger partial charge in [-0.3, -0.25) is 9.59 Å². The van der Waals surface area contributed by atoms with Crippen LogP contribution in [-0.2, 0) is 16.0 Å². The number of nitrogens with zero attached hydrogens (tertiary/aromatic N) is 2. The molecule has 0 aliphatic rings. The van der Waals surface area contributed by atoms with Crippen LogP contribution in [0, 0.1) is 0 Å².